The van der Waals surface area contributed by atoms with Crippen molar-refractivity contribution in [3.8, 4) is 5.75 Å². The first-order chi connectivity index (χ1) is 9.51. The van der Waals surface area contributed by atoms with Gasteiger partial charge in [0.05, 0.1) is 12.6 Å². The predicted molar refractivity (Wildman–Crippen MR) is 88.8 cm³/mol. The monoisotopic (exact) mass is 314 g/mol. The first kappa shape index (κ1) is 19.7. The van der Waals surface area contributed by atoms with Crippen LogP contribution in [0.15, 0.2) is 24.3 Å². The lowest BCUT2D eigenvalue weighted by molar-refractivity contribution is -0.125. The van der Waals surface area contributed by atoms with Crippen LogP contribution < -0.4 is 15.8 Å². The third kappa shape index (κ3) is 5.56. The molecule has 0 radical (unpaired) electrons. The zero-order valence-corrected chi connectivity index (χ0v) is 14.1. The van der Waals surface area contributed by atoms with Crippen LogP contribution in [0.5, 0.6) is 5.75 Å². The molecule has 3 atom stereocenters. The highest BCUT2D eigenvalue weighted by molar-refractivity contribution is 5.85. The number of nitrogens with two attached hydrogens (primary N) is 1. The van der Waals surface area contributed by atoms with Gasteiger partial charge in [-0.1, -0.05) is 32.0 Å². The van der Waals surface area contributed by atoms with E-state index in [1.165, 1.54) is 0 Å². The standard InChI is InChI=1S/C16H26N2O2.ClH/c1-5-14(18-16(19)11(3)12(4)17)13-9-7-8-10-15(13)20-6-2;/h7-12,14H,5-6,17H2,1-4H3,(H,18,19);1H. The molecule has 120 valence electrons. The molecule has 0 aliphatic rings. The first-order valence-electron chi connectivity index (χ1n) is 7.28. The second-order valence-electron chi connectivity index (χ2n) is 5.09. The molecule has 3 unspecified atom stereocenters. The lowest BCUT2D eigenvalue weighted by Crippen LogP contribution is -2.40. The molecule has 3 N–H and O–H groups in total. The molecule has 0 saturated carbocycles. The topological polar surface area (TPSA) is 64.3 Å². The summed E-state index contributed by atoms with van der Waals surface area (Å²) in [4.78, 5) is 12.2. The zero-order chi connectivity index (χ0) is 15.1. The van der Waals surface area contributed by atoms with E-state index in [1.54, 1.807) is 0 Å². The molecule has 0 aromatic heterocycles. The summed E-state index contributed by atoms with van der Waals surface area (Å²) in [7, 11) is 0. The van der Waals surface area contributed by atoms with E-state index in [2.05, 4.69) is 5.32 Å². The van der Waals surface area contributed by atoms with E-state index in [4.69, 9.17) is 10.5 Å². The molecule has 0 heterocycles. The van der Waals surface area contributed by atoms with Crippen LogP contribution in [0, 0.1) is 5.92 Å². The van der Waals surface area contributed by atoms with Gasteiger partial charge in [-0.2, -0.15) is 0 Å². The van der Waals surface area contributed by atoms with Crippen LogP contribution in [0.3, 0.4) is 0 Å². The van der Waals surface area contributed by atoms with Gasteiger partial charge in [0, 0.05) is 17.5 Å². The van der Waals surface area contributed by atoms with Crippen LogP contribution in [0.1, 0.15) is 45.7 Å². The zero-order valence-electron chi connectivity index (χ0n) is 13.3. The van der Waals surface area contributed by atoms with Gasteiger partial charge in [0.1, 0.15) is 5.75 Å². The molecular formula is C16H27ClN2O2. The van der Waals surface area contributed by atoms with Crippen molar-refractivity contribution in [1.29, 1.82) is 0 Å². The van der Waals surface area contributed by atoms with Gasteiger partial charge in [-0.25, -0.2) is 0 Å². The Morgan fingerprint density at radius 1 is 1.29 bits per heavy atom. The molecule has 0 saturated heterocycles. The van der Waals surface area contributed by atoms with Crippen molar-refractivity contribution in [2.45, 2.75) is 46.2 Å². The van der Waals surface area contributed by atoms with Gasteiger partial charge in [-0.15, -0.1) is 12.4 Å². The van der Waals surface area contributed by atoms with E-state index in [9.17, 15) is 4.79 Å². The molecule has 0 aliphatic carbocycles. The van der Waals surface area contributed by atoms with Gasteiger partial charge >= 0.3 is 0 Å². The molecule has 0 aliphatic heterocycles. The average molecular weight is 315 g/mol. The number of hydrogen-bond acceptors (Lipinski definition) is 3. The molecule has 4 nitrogen and oxygen atoms in total. The minimum Gasteiger partial charge on any atom is -0.494 e. The Labute approximate surface area is 133 Å². The summed E-state index contributed by atoms with van der Waals surface area (Å²) in [5.74, 6) is 0.608. The normalized spacial score (nSPS) is 14.5. The van der Waals surface area contributed by atoms with Gasteiger partial charge in [0.15, 0.2) is 0 Å². The van der Waals surface area contributed by atoms with E-state index in [-0.39, 0.29) is 36.3 Å². The molecule has 0 bridgehead atoms. The van der Waals surface area contributed by atoms with E-state index in [1.807, 2.05) is 52.0 Å². The number of amides is 1. The number of rotatable bonds is 7. The highest BCUT2D eigenvalue weighted by Crippen LogP contribution is 2.27. The quantitative estimate of drug-likeness (QED) is 0.813. The van der Waals surface area contributed by atoms with Crippen molar-refractivity contribution < 1.29 is 9.53 Å². The maximum absolute atomic E-state index is 12.2. The van der Waals surface area contributed by atoms with E-state index < -0.39 is 0 Å². The summed E-state index contributed by atoms with van der Waals surface area (Å²) in [5.41, 5.74) is 6.80. The summed E-state index contributed by atoms with van der Waals surface area (Å²) in [6.07, 6.45) is 0.807. The largest absolute Gasteiger partial charge is 0.494 e. The maximum Gasteiger partial charge on any atom is 0.224 e. The number of carbonyl (C=O) groups excluding carboxylic acids is 1. The van der Waals surface area contributed by atoms with Gasteiger partial charge in [-0.05, 0) is 26.3 Å². The molecule has 1 aromatic rings. The predicted octanol–water partition coefficient (Wildman–Crippen LogP) is 3.06. The Morgan fingerprint density at radius 3 is 2.43 bits per heavy atom. The minimum absolute atomic E-state index is 0. The first-order valence-corrected chi connectivity index (χ1v) is 7.28. The molecule has 1 aromatic carbocycles. The average Bonchev–Trinajstić information content (AvgIpc) is 2.44. The van der Waals surface area contributed by atoms with Crippen LogP contribution in [-0.4, -0.2) is 18.6 Å². The highest BCUT2D eigenvalue weighted by Gasteiger charge is 2.22. The van der Waals surface area contributed by atoms with E-state index in [0.717, 1.165) is 17.7 Å². The lowest BCUT2D eigenvalue weighted by atomic mass is 9.99. The fourth-order valence-electron chi connectivity index (χ4n) is 2.00. The summed E-state index contributed by atoms with van der Waals surface area (Å²) < 4.78 is 5.63. The Morgan fingerprint density at radius 2 is 1.90 bits per heavy atom. The van der Waals surface area contributed by atoms with Crippen LogP contribution in [0.25, 0.3) is 0 Å². The van der Waals surface area contributed by atoms with Gasteiger partial charge < -0.3 is 15.8 Å². The van der Waals surface area contributed by atoms with Gasteiger partial charge in [-0.3, -0.25) is 4.79 Å². The summed E-state index contributed by atoms with van der Waals surface area (Å²) in [6, 6.07) is 7.62. The van der Waals surface area contributed by atoms with Gasteiger partial charge in [0.25, 0.3) is 0 Å². The summed E-state index contributed by atoms with van der Waals surface area (Å²) in [5, 5.41) is 3.06. The van der Waals surface area contributed by atoms with Crippen LogP contribution in [0.2, 0.25) is 0 Å². The summed E-state index contributed by atoms with van der Waals surface area (Å²) >= 11 is 0. The van der Waals surface area contributed by atoms with Crippen LogP contribution >= 0.6 is 12.4 Å². The van der Waals surface area contributed by atoms with Crippen LogP contribution in [0.4, 0.5) is 0 Å². The highest BCUT2D eigenvalue weighted by atomic mass is 35.5. The molecular weight excluding hydrogens is 288 g/mol. The van der Waals surface area contributed by atoms with Crippen molar-refractivity contribution in [2.75, 3.05) is 6.61 Å². The van der Waals surface area contributed by atoms with Crippen molar-refractivity contribution in [2.24, 2.45) is 11.7 Å². The number of benzene rings is 1. The Hall–Kier alpha value is -1.26. The number of halogens is 1. The number of hydrogen-bond donors (Lipinski definition) is 2. The van der Waals surface area contributed by atoms with Crippen molar-refractivity contribution in [3.63, 3.8) is 0 Å². The molecule has 5 heteroatoms. The van der Waals surface area contributed by atoms with E-state index in [0.29, 0.717) is 6.61 Å². The Bertz CT molecular complexity index is 438. The maximum atomic E-state index is 12.2. The third-order valence-electron chi connectivity index (χ3n) is 3.52. The van der Waals surface area contributed by atoms with Crippen LogP contribution in [-0.2, 0) is 4.79 Å². The van der Waals surface area contributed by atoms with Crippen molar-refractivity contribution in [1.82, 2.24) is 5.32 Å². The Balaban J connectivity index is 0.00000400. The number of ether oxygens (including phenoxy) is 1. The molecule has 0 spiro atoms. The van der Waals surface area contributed by atoms with Crippen molar-refractivity contribution in [3.05, 3.63) is 29.8 Å². The lowest BCUT2D eigenvalue weighted by Gasteiger charge is -2.23. The summed E-state index contributed by atoms with van der Waals surface area (Å²) in [6.45, 7) is 8.30. The van der Waals surface area contributed by atoms with Gasteiger partial charge in [0.2, 0.25) is 5.91 Å². The SMILES string of the molecule is CCOc1ccccc1C(CC)NC(=O)C(C)C(C)N.Cl. The smallest absolute Gasteiger partial charge is 0.224 e. The van der Waals surface area contributed by atoms with E-state index >= 15 is 0 Å². The molecule has 21 heavy (non-hydrogen) atoms. The number of carbonyl (C=O) groups is 1. The molecule has 0 fully saturated rings. The van der Waals surface area contributed by atoms with Crippen molar-refractivity contribution >= 4 is 18.3 Å². The third-order valence-corrected chi connectivity index (χ3v) is 3.52. The second-order valence-corrected chi connectivity index (χ2v) is 5.09. The molecule has 1 amide bonds. The number of nitrogens with one attached hydrogen (secondary N) is 1. The molecule has 1 rings (SSSR count). The minimum atomic E-state index is -0.205. The fraction of sp³-hybridized carbons (Fsp3) is 0.562. The fourth-order valence-corrected chi connectivity index (χ4v) is 2.00. The Kier molecular flexibility index (Phi) is 9.06. The number of para-hydroxylation sites is 1. The second kappa shape index (κ2) is 9.64.